The summed E-state index contributed by atoms with van der Waals surface area (Å²) in [5, 5.41) is 0. The number of carbonyl (C=O) groups is 1. The van der Waals surface area contributed by atoms with Crippen molar-refractivity contribution in [2.75, 3.05) is 25.5 Å². The van der Waals surface area contributed by atoms with Gasteiger partial charge in [0.25, 0.3) is 0 Å². The molecule has 0 aliphatic carbocycles. The minimum Gasteiger partial charge on any atom is -1.00 e. The average Bonchev–Trinajstić information content (AvgIpc) is 2.33. The van der Waals surface area contributed by atoms with Gasteiger partial charge < -0.3 is 11.2 Å². The molecule has 1 aromatic rings. The predicted octanol–water partition coefficient (Wildman–Crippen LogP) is -0.377. The Morgan fingerprint density at radius 2 is 2.00 bits per heavy atom. The normalized spacial score (nSPS) is 19.4. The number of hydrogen-bond donors (Lipinski definition) is 0. The third-order valence-electron chi connectivity index (χ3n) is 3.42. The molecule has 5 heteroatoms. The van der Waals surface area contributed by atoms with E-state index in [9.17, 15) is 4.79 Å². The van der Waals surface area contributed by atoms with Crippen LogP contribution in [0.15, 0.2) is 28.7 Å². The largest absolute Gasteiger partial charge is 1.00 e. The molecule has 0 saturated carbocycles. The summed E-state index contributed by atoms with van der Waals surface area (Å²) < 4.78 is 1.08. The number of halogens is 1. The van der Waals surface area contributed by atoms with Gasteiger partial charge >= 0.3 is 29.6 Å². The van der Waals surface area contributed by atoms with Crippen molar-refractivity contribution in [2.45, 2.75) is 18.9 Å². The first-order valence-electron chi connectivity index (χ1n) is 5.80. The smallest absolute Gasteiger partial charge is 1.00 e. The quantitative estimate of drug-likeness (QED) is 0.694. The monoisotopic (exact) mass is 320 g/mol. The van der Waals surface area contributed by atoms with Crippen LogP contribution in [0.3, 0.4) is 0 Å². The van der Waals surface area contributed by atoms with E-state index in [0.717, 1.165) is 23.1 Å². The number of piperidine rings is 1. The van der Waals surface area contributed by atoms with Crippen molar-refractivity contribution in [1.82, 2.24) is 4.90 Å². The molecule has 3 nitrogen and oxygen atoms in total. The van der Waals surface area contributed by atoms with Gasteiger partial charge in [0.2, 0.25) is 5.91 Å². The zero-order chi connectivity index (χ0) is 12.4. The van der Waals surface area contributed by atoms with E-state index >= 15 is 0 Å². The standard InChI is InChI=1S/C13H17BrN2O.Na.H/c1-15-8-7-12(9-13(15)17)16(2)11-5-3-10(14)4-6-11;;/h3-6,12H,7-9H2,1-2H3;;/q;+1;-1. The molecular weight excluding hydrogens is 303 g/mol. The molecule has 1 amide bonds. The molecular formula is C13H18BrN2NaO. The van der Waals surface area contributed by atoms with E-state index in [2.05, 4.69) is 40.0 Å². The summed E-state index contributed by atoms with van der Waals surface area (Å²) in [5.41, 5.74) is 1.16. The Bertz CT molecular complexity index is 416. The molecule has 0 aromatic heterocycles. The van der Waals surface area contributed by atoms with Crippen LogP contribution >= 0.6 is 15.9 Å². The Morgan fingerprint density at radius 1 is 1.39 bits per heavy atom. The van der Waals surface area contributed by atoms with E-state index in [4.69, 9.17) is 0 Å². The van der Waals surface area contributed by atoms with Crippen molar-refractivity contribution in [1.29, 1.82) is 0 Å². The molecule has 2 rings (SSSR count). The zero-order valence-electron chi connectivity index (χ0n) is 12.2. The molecule has 0 bridgehead atoms. The zero-order valence-corrected chi connectivity index (χ0v) is 14.8. The van der Waals surface area contributed by atoms with Crippen molar-refractivity contribution in [3.05, 3.63) is 28.7 Å². The van der Waals surface area contributed by atoms with Crippen LogP contribution in [0, 0.1) is 0 Å². The van der Waals surface area contributed by atoms with Gasteiger partial charge in [0, 0.05) is 43.3 Å². The number of anilines is 1. The summed E-state index contributed by atoms with van der Waals surface area (Å²) in [6.07, 6.45) is 1.65. The van der Waals surface area contributed by atoms with E-state index in [0.29, 0.717) is 12.5 Å². The van der Waals surface area contributed by atoms with Gasteiger partial charge in [-0.05, 0) is 30.7 Å². The van der Waals surface area contributed by atoms with Crippen molar-refractivity contribution in [3.8, 4) is 0 Å². The number of rotatable bonds is 2. The number of likely N-dealkylation sites (tertiary alicyclic amines) is 1. The molecule has 1 aromatic carbocycles. The van der Waals surface area contributed by atoms with E-state index in [1.54, 1.807) is 0 Å². The molecule has 1 saturated heterocycles. The number of hydrogen-bond acceptors (Lipinski definition) is 2. The topological polar surface area (TPSA) is 23.6 Å². The number of nitrogens with zero attached hydrogens (tertiary/aromatic N) is 2. The van der Waals surface area contributed by atoms with Gasteiger partial charge in [0.15, 0.2) is 0 Å². The molecule has 1 fully saturated rings. The summed E-state index contributed by atoms with van der Waals surface area (Å²) >= 11 is 3.43. The fourth-order valence-corrected chi connectivity index (χ4v) is 2.41. The molecule has 0 N–H and O–H groups in total. The Hall–Kier alpha value is -0.0300. The SMILES string of the molecule is CN1CCC(N(C)c2ccc(Br)cc2)CC1=O.[H-].[Na+]. The summed E-state index contributed by atoms with van der Waals surface area (Å²) in [7, 11) is 3.94. The van der Waals surface area contributed by atoms with Gasteiger partial charge in [0.1, 0.15) is 0 Å². The molecule has 1 atom stereocenters. The maximum Gasteiger partial charge on any atom is 1.00 e. The van der Waals surface area contributed by atoms with Gasteiger partial charge in [0.05, 0.1) is 0 Å². The van der Waals surface area contributed by atoms with Gasteiger partial charge in [-0.3, -0.25) is 4.79 Å². The van der Waals surface area contributed by atoms with Crippen molar-refractivity contribution < 1.29 is 35.8 Å². The first-order valence-corrected chi connectivity index (χ1v) is 6.59. The van der Waals surface area contributed by atoms with Crippen LogP contribution in [0.2, 0.25) is 0 Å². The molecule has 1 unspecified atom stereocenters. The fraction of sp³-hybridized carbons (Fsp3) is 0.462. The van der Waals surface area contributed by atoms with Crippen molar-refractivity contribution in [3.63, 3.8) is 0 Å². The molecule has 0 radical (unpaired) electrons. The number of amides is 1. The van der Waals surface area contributed by atoms with Crippen LogP contribution in [0.5, 0.6) is 0 Å². The van der Waals surface area contributed by atoms with Crippen molar-refractivity contribution >= 4 is 27.5 Å². The van der Waals surface area contributed by atoms with Gasteiger partial charge in [-0.15, -0.1) is 0 Å². The molecule has 18 heavy (non-hydrogen) atoms. The second-order valence-corrected chi connectivity index (χ2v) is 5.46. The number of benzene rings is 1. The van der Waals surface area contributed by atoms with Crippen LogP contribution in [-0.4, -0.2) is 37.5 Å². The minimum atomic E-state index is 0. The third-order valence-corrected chi connectivity index (χ3v) is 3.94. The first kappa shape index (κ1) is 16.0. The van der Waals surface area contributed by atoms with E-state index in [1.807, 2.05) is 24.1 Å². The molecule has 1 aliphatic heterocycles. The maximum atomic E-state index is 11.7. The van der Waals surface area contributed by atoms with Gasteiger partial charge in [-0.25, -0.2) is 0 Å². The van der Waals surface area contributed by atoms with E-state index < -0.39 is 0 Å². The molecule has 1 heterocycles. The van der Waals surface area contributed by atoms with E-state index in [1.165, 1.54) is 0 Å². The molecule has 94 valence electrons. The van der Waals surface area contributed by atoms with Crippen LogP contribution in [-0.2, 0) is 4.79 Å². The molecule has 1 aliphatic rings. The Morgan fingerprint density at radius 3 is 2.56 bits per heavy atom. The fourth-order valence-electron chi connectivity index (χ4n) is 2.14. The summed E-state index contributed by atoms with van der Waals surface area (Å²) in [4.78, 5) is 15.7. The average molecular weight is 321 g/mol. The van der Waals surface area contributed by atoms with Gasteiger partial charge in [-0.1, -0.05) is 15.9 Å². The Labute approximate surface area is 140 Å². The second-order valence-electron chi connectivity index (χ2n) is 4.55. The minimum absolute atomic E-state index is 0. The third kappa shape index (κ3) is 3.73. The van der Waals surface area contributed by atoms with Crippen LogP contribution in [0.1, 0.15) is 14.3 Å². The Kier molecular flexibility index (Phi) is 6.18. The first-order chi connectivity index (χ1) is 8.08. The maximum absolute atomic E-state index is 11.7. The summed E-state index contributed by atoms with van der Waals surface area (Å²) in [5.74, 6) is 0.241. The number of carbonyl (C=O) groups excluding carboxylic acids is 1. The summed E-state index contributed by atoms with van der Waals surface area (Å²) in [6, 6.07) is 8.53. The summed E-state index contributed by atoms with van der Waals surface area (Å²) in [6.45, 7) is 0.852. The predicted molar refractivity (Wildman–Crippen MR) is 74.3 cm³/mol. The van der Waals surface area contributed by atoms with Crippen LogP contribution in [0.25, 0.3) is 0 Å². The molecule has 0 spiro atoms. The van der Waals surface area contributed by atoms with Crippen molar-refractivity contribution in [2.24, 2.45) is 0 Å². The van der Waals surface area contributed by atoms with E-state index in [-0.39, 0.29) is 36.9 Å². The van der Waals surface area contributed by atoms with Crippen LogP contribution < -0.4 is 34.5 Å². The van der Waals surface area contributed by atoms with Crippen LogP contribution in [0.4, 0.5) is 5.69 Å². The van der Waals surface area contributed by atoms with Gasteiger partial charge in [-0.2, -0.15) is 0 Å². The Balaban J connectivity index is 0.00000162. The second kappa shape index (κ2) is 6.94.